The summed E-state index contributed by atoms with van der Waals surface area (Å²) in [5.74, 6) is 0. The third kappa shape index (κ3) is 2.79. The minimum absolute atomic E-state index is 0.0304. The van der Waals surface area contributed by atoms with E-state index in [0.29, 0.717) is 21.5 Å². The van der Waals surface area contributed by atoms with Gasteiger partial charge in [-0.25, -0.2) is 4.98 Å². The van der Waals surface area contributed by atoms with Crippen molar-refractivity contribution in [3.63, 3.8) is 0 Å². The van der Waals surface area contributed by atoms with E-state index in [2.05, 4.69) is 10.4 Å². The van der Waals surface area contributed by atoms with Crippen LogP contribution in [0.4, 0.5) is 0 Å². The third-order valence-corrected chi connectivity index (χ3v) is 7.71. The van der Waals surface area contributed by atoms with E-state index in [0.717, 1.165) is 47.4 Å². The summed E-state index contributed by atoms with van der Waals surface area (Å²) < 4.78 is 6.44. The third-order valence-electron chi connectivity index (χ3n) is 4.15. The molecule has 4 rings (SSSR count). The molecule has 0 saturated carbocycles. The molecule has 1 aliphatic rings. The van der Waals surface area contributed by atoms with Crippen molar-refractivity contribution in [2.45, 2.75) is 48.5 Å². The number of hydrogen-bond donors (Lipinski definition) is 0. The van der Waals surface area contributed by atoms with E-state index >= 15 is 0 Å². The Morgan fingerprint density at radius 1 is 1.44 bits per heavy atom. The zero-order valence-corrected chi connectivity index (χ0v) is 16.5. The van der Waals surface area contributed by atoms with Gasteiger partial charge in [0.2, 0.25) is 0 Å². The average Bonchev–Trinajstić information content (AvgIpc) is 3.25. The van der Waals surface area contributed by atoms with Gasteiger partial charge in [-0.15, -0.1) is 11.3 Å². The molecule has 0 radical (unpaired) electrons. The minimum atomic E-state index is 0.0304. The van der Waals surface area contributed by atoms with Gasteiger partial charge in [0.1, 0.15) is 20.7 Å². The van der Waals surface area contributed by atoms with Crippen LogP contribution in [-0.2, 0) is 19.4 Å². The van der Waals surface area contributed by atoms with Crippen LogP contribution in [0.1, 0.15) is 35.8 Å². The van der Waals surface area contributed by atoms with Gasteiger partial charge < -0.3 is 0 Å². The summed E-state index contributed by atoms with van der Waals surface area (Å²) in [6, 6.07) is 2.08. The highest BCUT2D eigenvalue weighted by Crippen LogP contribution is 2.39. The second kappa shape index (κ2) is 6.72. The monoisotopic (exact) mass is 408 g/mol. The summed E-state index contributed by atoms with van der Waals surface area (Å²) in [4.78, 5) is 20.0. The Bertz CT molecular complexity index is 1080. The lowest BCUT2D eigenvalue weighted by Crippen LogP contribution is -2.23. The molecule has 0 aromatic carbocycles. The lowest BCUT2D eigenvalue weighted by Gasteiger charge is -2.10. The molecule has 0 atom stereocenters. The molecule has 9 heteroatoms. The number of hydrogen-bond acceptors (Lipinski definition) is 7. The van der Waals surface area contributed by atoms with Crippen molar-refractivity contribution in [3.8, 4) is 6.07 Å². The van der Waals surface area contributed by atoms with Gasteiger partial charge in [-0.05, 0) is 54.5 Å². The van der Waals surface area contributed by atoms with Crippen LogP contribution in [-0.4, -0.2) is 13.9 Å². The van der Waals surface area contributed by atoms with Gasteiger partial charge in [0, 0.05) is 11.4 Å². The van der Waals surface area contributed by atoms with E-state index in [4.69, 9.17) is 16.6 Å². The molecule has 3 heterocycles. The maximum atomic E-state index is 13.1. The zero-order valence-electron chi connectivity index (χ0n) is 13.3. The number of aryl methyl sites for hydroxylation is 2. The highest BCUT2D eigenvalue weighted by atomic mass is 35.5. The van der Waals surface area contributed by atoms with Crippen molar-refractivity contribution >= 4 is 56.4 Å². The number of nitriles is 1. The van der Waals surface area contributed by atoms with Crippen LogP contribution >= 0.6 is 46.2 Å². The molecule has 25 heavy (non-hydrogen) atoms. The lowest BCUT2D eigenvalue weighted by molar-refractivity contribution is 0.585. The van der Waals surface area contributed by atoms with Crippen molar-refractivity contribution in [3.05, 3.63) is 31.5 Å². The summed E-state index contributed by atoms with van der Waals surface area (Å²) in [7, 11) is 0. The highest BCUT2D eigenvalue weighted by molar-refractivity contribution is 8.01. The molecule has 0 spiro atoms. The fourth-order valence-corrected chi connectivity index (χ4v) is 6.52. The van der Waals surface area contributed by atoms with Crippen molar-refractivity contribution < 1.29 is 0 Å². The highest BCUT2D eigenvalue weighted by Gasteiger charge is 2.24. The normalized spacial score (nSPS) is 13.3. The van der Waals surface area contributed by atoms with E-state index in [9.17, 15) is 10.1 Å². The molecule has 0 saturated heterocycles. The van der Waals surface area contributed by atoms with Crippen molar-refractivity contribution in [1.82, 2.24) is 13.9 Å². The van der Waals surface area contributed by atoms with Crippen molar-refractivity contribution in [2.24, 2.45) is 0 Å². The number of fused-ring (bicyclic) bond motifs is 3. The van der Waals surface area contributed by atoms with E-state index < -0.39 is 0 Å². The van der Waals surface area contributed by atoms with Gasteiger partial charge in [0.05, 0.1) is 5.39 Å². The largest absolute Gasteiger partial charge is 0.287 e. The number of nitrogens with zero attached hydrogens (tertiary/aromatic N) is 4. The van der Waals surface area contributed by atoms with E-state index in [1.165, 1.54) is 22.2 Å². The first-order valence-corrected chi connectivity index (χ1v) is 10.7. The van der Waals surface area contributed by atoms with E-state index in [1.54, 1.807) is 15.9 Å². The Morgan fingerprint density at radius 2 is 2.28 bits per heavy atom. The molecule has 0 bridgehead atoms. The predicted octanol–water partition coefficient (Wildman–Crippen LogP) is 4.49. The standard InChI is InChI=1S/C16H13ClN4OS3/c1-2-6-21-14(22)11-8-4-3-5-10(8)23-13(11)19-16(21)24-15-9(7-18)12(17)20-25-15/h2-6H2,1H3. The van der Waals surface area contributed by atoms with Crippen LogP contribution in [0.15, 0.2) is 14.2 Å². The molecular formula is C16H13ClN4OS3. The number of aromatic nitrogens is 3. The molecule has 0 N–H and O–H groups in total. The second-order valence-corrected chi connectivity index (χ2v) is 9.19. The number of rotatable bonds is 4. The molecule has 0 fully saturated rings. The molecule has 3 aromatic heterocycles. The summed E-state index contributed by atoms with van der Waals surface area (Å²) in [6.07, 6.45) is 3.95. The van der Waals surface area contributed by atoms with Gasteiger partial charge in [-0.2, -0.15) is 9.64 Å². The Balaban J connectivity index is 1.89. The van der Waals surface area contributed by atoms with Gasteiger partial charge in [0.15, 0.2) is 10.3 Å². The first-order chi connectivity index (χ1) is 12.1. The van der Waals surface area contributed by atoms with E-state index in [1.807, 2.05) is 6.92 Å². The van der Waals surface area contributed by atoms with Crippen LogP contribution in [0, 0.1) is 11.3 Å². The van der Waals surface area contributed by atoms with Gasteiger partial charge >= 0.3 is 0 Å². The Labute approximate surface area is 161 Å². The predicted molar refractivity (Wildman–Crippen MR) is 102 cm³/mol. The Morgan fingerprint density at radius 3 is 3.04 bits per heavy atom. The summed E-state index contributed by atoms with van der Waals surface area (Å²) in [5, 5.41) is 10.9. The molecule has 0 aliphatic heterocycles. The number of thiophene rings is 1. The first kappa shape index (κ1) is 17.0. The minimum Gasteiger partial charge on any atom is -0.287 e. The smallest absolute Gasteiger partial charge is 0.263 e. The SMILES string of the molecule is CCCn1c(Sc2snc(Cl)c2C#N)nc2sc3c(c2c1=O)CCC3. The fourth-order valence-electron chi connectivity index (χ4n) is 3.06. The summed E-state index contributed by atoms with van der Waals surface area (Å²) >= 11 is 10.1. The van der Waals surface area contributed by atoms with Crippen LogP contribution in [0.3, 0.4) is 0 Å². The topological polar surface area (TPSA) is 71.6 Å². The van der Waals surface area contributed by atoms with E-state index in [-0.39, 0.29) is 10.7 Å². The zero-order chi connectivity index (χ0) is 17.6. The van der Waals surface area contributed by atoms with Gasteiger partial charge in [0.25, 0.3) is 5.56 Å². The molecule has 1 aliphatic carbocycles. The molecule has 3 aromatic rings. The maximum Gasteiger partial charge on any atom is 0.263 e. The van der Waals surface area contributed by atoms with Crippen LogP contribution in [0.5, 0.6) is 0 Å². The summed E-state index contributed by atoms with van der Waals surface area (Å²) in [5.41, 5.74) is 1.57. The Hall–Kier alpha value is -1.40. The van der Waals surface area contributed by atoms with Crippen molar-refractivity contribution in [1.29, 1.82) is 5.26 Å². The molecule has 5 nitrogen and oxygen atoms in total. The van der Waals surface area contributed by atoms with Crippen LogP contribution < -0.4 is 5.56 Å². The molecular weight excluding hydrogens is 396 g/mol. The number of halogens is 1. The fraction of sp³-hybridized carbons (Fsp3) is 0.375. The quantitative estimate of drug-likeness (QED) is 0.594. The Kier molecular flexibility index (Phi) is 4.58. The van der Waals surface area contributed by atoms with Gasteiger partial charge in [-0.3, -0.25) is 9.36 Å². The molecule has 128 valence electrons. The van der Waals surface area contributed by atoms with Gasteiger partial charge in [-0.1, -0.05) is 18.5 Å². The maximum absolute atomic E-state index is 13.1. The second-order valence-electron chi connectivity index (χ2n) is 5.74. The molecule has 0 unspecified atom stereocenters. The first-order valence-electron chi connectivity index (χ1n) is 7.92. The summed E-state index contributed by atoms with van der Waals surface area (Å²) in [6.45, 7) is 2.64. The average molecular weight is 409 g/mol. The lowest BCUT2D eigenvalue weighted by atomic mass is 10.2. The van der Waals surface area contributed by atoms with Crippen LogP contribution in [0.25, 0.3) is 10.2 Å². The molecule has 0 amide bonds. The van der Waals surface area contributed by atoms with Crippen LogP contribution in [0.2, 0.25) is 5.15 Å². The van der Waals surface area contributed by atoms with Crippen molar-refractivity contribution in [2.75, 3.05) is 0 Å².